The molecule has 68 valence electrons. The highest BCUT2D eigenvalue weighted by molar-refractivity contribution is 5.37. The highest BCUT2D eigenvalue weighted by Gasteiger charge is 2.09. The first-order valence-electron chi connectivity index (χ1n) is 3.99. The number of pyridine rings is 1. The van der Waals surface area contributed by atoms with Crippen LogP contribution in [-0.2, 0) is 0 Å². The Hall–Kier alpha value is -1.46. The second-order valence-electron chi connectivity index (χ2n) is 2.73. The summed E-state index contributed by atoms with van der Waals surface area (Å²) in [5.41, 5.74) is 6.73. The van der Waals surface area contributed by atoms with E-state index in [1.165, 1.54) is 6.33 Å². The minimum atomic E-state index is -0.689. The van der Waals surface area contributed by atoms with Crippen molar-refractivity contribution in [2.45, 2.75) is 6.10 Å². The van der Waals surface area contributed by atoms with Gasteiger partial charge in [-0.2, -0.15) is 5.10 Å². The van der Waals surface area contributed by atoms with Crippen LogP contribution in [0.3, 0.4) is 0 Å². The molecule has 0 spiro atoms. The largest absolute Gasteiger partial charge is 0.385 e. The Kier molecular flexibility index (Phi) is 1.96. The molecule has 2 rings (SSSR count). The fourth-order valence-electron chi connectivity index (χ4n) is 1.24. The smallest absolute Gasteiger partial charge is 0.155 e. The van der Waals surface area contributed by atoms with Gasteiger partial charge in [-0.05, 0) is 12.1 Å². The van der Waals surface area contributed by atoms with Gasteiger partial charge in [0.05, 0.1) is 5.69 Å². The number of rotatable bonds is 2. The molecule has 0 saturated carbocycles. The Morgan fingerprint density at radius 2 is 2.38 bits per heavy atom. The van der Waals surface area contributed by atoms with E-state index in [4.69, 9.17) is 5.73 Å². The molecule has 1 unspecified atom stereocenters. The molecule has 13 heavy (non-hydrogen) atoms. The highest BCUT2D eigenvalue weighted by Crippen LogP contribution is 2.11. The fraction of sp³-hybridized carbons (Fsp3) is 0.250. The molecule has 5 nitrogen and oxygen atoms in total. The Balaban J connectivity index is 2.60. The van der Waals surface area contributed by atoms with Crippen molar-refractivity contribution in [3.05, 3.63) is 30.2 Å². The fourth-order valence-corrected chi connectivity index (χ4v) is 1.24. The van der Waals surface area contributed by atoms with E-state index in [2.05, 4.69) is 10.1 Å². The summed E-state index contributed by atoms with van der Waals surface area (Å²) in [6, 6.07) is 5.41. The van der Waals surface area contributed by atoms with Crippen molar-refractivity contribution < 1.29 is 5.11 Å². The topological polar surface area (TPSA) is 76.4 Å². The third-order valence-corrected chi connectivity index (χ3v) is 1.90. The van der Waals surface area contributed by atoms with Crippen LogP contribution in [0.4, 0.5) is 0 Å². The van der Waals surface area contributed by atoms with Crippen LogP contribution in [0.1, 0.15) is 11.8 Å². The molecule has 0 aliphatic carbocycles. The van der Waals surface area contributed by atoms with Crippen LogP contribution >= 0.6 is 0 Å². The number of fused-ring (bicyclic) bond motifs is 1. The quantitative estimate of drug-likeness (QED) is 0.663. The van der Waals surface area contributed by atoms with E-state index >= 15 is 0 Å². The van der Waals surface area contributed by atoms with Gasteiger partial charge >= 0.3 is 0 Å². The van der Waals surface area contributed by atoms with E-state index in [9.17, 15) is 5.11 Å². The van der Waals surface area contributed by atoms with Gasteiger partial charge in [0.25, 0.3) is 0 Å². The standard InChI is InChI=1S/C8H10N4O/c9-4-7(13)6-2-1-3-8-10-5-11-12(6)8/h1-3,5,7,13H,4,9H2. The highest BCUT2D eigenvalue weighted by atomic mass is 16.3. The van der Waals surface area contributed by atoms with Crippen molar-refractivity contribution in [1.82, 2.24) is 14.6 Å². The summed E-state index contributed by atoms with van der Waals surface area (Å²) >= 11 is 0. The minimum absolute atomic E-state index is 0.180. The Bertz CT molecular complexity index is 411. The monoisotopic (exact) mass is 178 g/mol. The van der Waals surface area contributed by atoms with Gasteiger partial charge in [-0.1, -0.05) is 6.07 Å². The molecule has 2 aromatic heterocycles. The third kappa shape index (κ3) is 1.28. The predicted octanol–water partition coefficient (Wildman–Crippen LogP) is -0.279. The van der Waals surface area contributed by atoms with E-state index in [-0.39, 0.29) is 6.54 Å². The van der Waals surface area contributed by atoms with Crippen molar-refractivity contribution in [3.8, 4) is 0 Å². The average molecular weight is 178 g/mol. The van der Waals surface area contributed by atoms with Gasteiger partial charge < -0.3 is 10.8 Å². The third-order valence-electron chi connectivity index (χ3n) is 1.90. The molecule has 2 heterocycles. The Morgan fingerprint density at radius 3 is 3.15 bits per heavy atom. The Labute approximate surface area is 74.8 Å². The van der Waals surface area contributed by atoms with E-state index in [1.807, 2.05) is 12.1 Å². The first kappa shape index (κ1) is 8.15. The molecular formula is C8H10N4O. The normalized spacial score (nSPS) is 13.4. The second-order valence-corrected chi connectivity index (χ2v) is 2.73. The van der Waals surface area contributed by atoms with Gasteiger partial charge in [-0.25, -0.2) is 9.50 Å². The van der Waals surface area contributed by atoms with Crippen LogP contribution in [0, 0.1) is 0 Å². The number of hydrogen-bond donors (Lipinski definition) is 2. The van der Waals surface area contributed by atoms with Gasteiger partial charge in [0.2, 0.25) is 0 Å². The SMILES string of the molecule is NCC(O)c1cccc2ncnn12. The van der Waals surface area contributed by atoms with Crippen molar-refractivity contribution in [2.24, 2.45) is 5.73 Å². The van der Waals surface area contributed by atoms with Gasteiger partial charge in [-0.3, -0.25) is 0 Å². The van der Waals surface area contributed by atoms with Crippen molar-refractivity contribution in [1.29, 1.82) is 0 Å². The van der Waals surface area contributed by atoms with Gasteiger partial charge in [0.1, 0.15) is 12.4 Å². The molecule has 0 aromatic carbocycles. The summed E-state index contributed by atoms with van der Waals surface area (Å²) in [6.45, 7) is 0.180. The van der Waals surface area contributed by atoms with Crippen molar-refractivity contribution >= 4 is 5.65 Å². The lowest BCUT2D eigenvalue weighted by atomic mass is 10.2. The van der Waals surface area contributed by atoms with E-state index in [0.717, 1.165) is 0 Å². The predicted molar refractivity (Wildman–Crippen MR) is 47.0 cm³/mol. The molecular weight excluding hydrogens is 168 g/mol. The van der Waals surface area contributed by atoms with Gasteiger partial charge in [0.15, 0.2) is 5.65 Å². The van der Waals surface area contributed by atoms with Gasteiger partial charge in [-0.15, -0.1) is 0 Å². The number of nitrogens with zero attached hydrogens (tertiary/aromatic N) is 3. The van der Waals surface area contributed by atoms with Crippen LogP contribution < -0.4 is 5.73 Å². The molecule has 0 aliphatic rings. The first-order chi connectivity index (χ1) is 6.33. The maximum Gasteiger partial charge on any atom is 0.155 e. The average Bonchev–Trinajstić information content (AvgIpc) is 2.63. The molecule has 0 radical (unpaired) electrons. The zero-order chi connectivity index (χ0) is 9.26. The lowest BCUT2D eigenvalue weighted by Gasteiger charge is -2.08. The first-order valence-corrected chi connectivity index (χ1v) is 3.99. The maximum absolute atomic E-state index is 9.53. The summed E-state index contributed by atoms with van der Waals surface area (Å²) < 4.78 is 1.58. The van der Waals surface area contributed by atoms with E-state index in [1.54, 1.807) is 10.6 Å². The maximum atomic E-state index is 9.53. The van der Waals surface area contributed by atoms with Crippen LogP contribution in [0.25, 0.3) is 5.65 Å². The number of hydrogen-bond acceptors (Lipinski definition) is 4. The van der Waals surface area contributed by atoms with Gasteiger partial charge in [0, 0.05) is 6.54 Å². The summed E-state index contributed by atoms with van der Waals surface area (Å²) in [5.74, 6) is 0. The number of aliphatic hydroxyl groups is 1. The van der Waals surface area contributed by atoms with Crippen molar-refractivity contribution in [2.75, 3.05) is 6.54 Å². The molecule has 0 aliphatic heterocycles. The number of aromatic nitrogens is 3. The zero-order valence-electron chi connectivity index (χ0n) is 6.96. The summed E-state index contributed by atoms with van der Waals surface area (Å²) in [6.07, 6.45) is 0.757. The molecule has 3 N–H and O–H groups in total. The molecule has 0 saturated heterocycles. The lowest BCUT2D eigenvalue weighted by molar-refractivity contribution is 0.179. The van der Waals surface area contributed by atoms with E-state index in [0.29, 0.717) is 11.3 Å². The molecule has 0 bridgehead atoms. The van der Waals surface area contributed by atoms with Crippen molar-refractivity contribution in [3.63, 3.8) is 0 Å². The lowest BCUT2D eigenvalue weighted by Crippen LogP contribution is -2.15. The number of nitrogens with two attached hydrogens (primary N) is 1. The number of aliphatic hydroxyl groups excluding tert-OH is 1. The van der Waals surface area contributed by atoms with Crippen LogP contribution in [0.15, 0.2) is 24.5 Å². The summed E-state index contributed by atoms with van der Waals surface area (Å²) in [4.78, 5) is 4.00. The van der Waals surface area contributed by atoms with Crippen LogP contribution in [-0.4, -0.2) is 26.2 Å². The molecule has 2 aromatic rings. The summed E-state index contributed by atoms with van der Waals surface area (Å²) in [7, 11) is 0. The molecule has 0 amide bonds. The van der Waals surface area contributed by atoms with Crippen LogP contribution in [0.5, 0.6) is 0 Å². The molecule has 0 fully saturated rings. The van der Waals surface area contributed by atoms with E-state index < -0.39 is 6.10 Å². The zero-order valence-corrected chi connectivity index (χ0v) is 6.96. The Morgan fingerprint density at radius 1 is 1.54 bits per heavy atom. The van der Waals surface area contributed by atoms with Crippen LogP contribution in [0.2, 0.25) is 0 Å². The second kappa shape index (κ2) is 3.12. The summed E-state index contributed by atoms with van der Waals surface area (Å²) in [5, 5.41) is 13.5. The molecule has 1 atom stereocenters. The molecule has 5 heteroatoms. The minimum Gasteiger partial charge on any atom is -0.385 e.